The number of nitro benzene ring substituents is 1. The average molecular weight is 421 g/mol. The van der Waals surface area contributed by atoms with Gasteiger partial charge in [-0.05, 0) is 24.3 Å². The van der Waals surface area contributed by atoms with Crippen molar-refractivity contribution in [2.75, 3.05) is 0 Å². The second-order valence-electron chi connectivity index (χ2n) is 6.22. The van der Waals surface area contributed by atoms with Gasteiger partial charge in [0.15, 0.2) is 5.16 Å². The lowest BCUT2D eigenvalue weighted by molar-refractivity contribution is -0.384. The highest BCUT2D eigenvalue weighted by Gasteiger charge is 2.14. The van der Waals surface area contributed by atoms with Crippen LogP contribution >= 0.6 is 11.8 Å². The molecule has 9 nitrogen and oxygen atoms in total. The normalized spacial score (nSPS) is 10.9. The van der Waals surface area contributed by atoms with E-state index in [4.69, 9.17) is 4.52 Å². The Balaban J connectivity index is 1.57. The van der Waals surface area contributed by atoms with E-state index in [0.717, 1.165) is 0 Å². The van der Waals surface area contributed by atoms with Gasteiger partial charge in [0.25, 0.3) is 11.2 Å². The van der Waals surface area contributed by atoms with Crippen molar-refractivity contribution in [2.24, 2.45) is 0 Å². The molecule has 2 heterocycles. The van der Waals surface area contributed by atoms with Gasteiger partial charge in [-0.15, -0.1) is 6.58 Å². The topological polar surface area (TPSA) is 117 Å². The monoisotopic (exact) mass is 421 g/mol. The van der Waals surface area contributed by atoms with E-state index in [0.29, 0.717) is 45.6 Å². The number of thioether (sulfide) groups is 1. The zero-order valence-corrected chi connectivity index (χ0v) is 16.4. The molecule has 0 unspecified atom stereocenters. The van der Waals surface area contributed by atoms with Crippen LogP contribution < -0.4 is 5.56 Å². The van der Waals surface area contributed by atoms with Crippen LogP contribution in [0, 0.1) is 10.1 Å². The lowest BCUT2D eigenvalue weighted by Crippen LogP contribution is -2.22. The fourth-order valence-electron chi connectivity index (χ4n) is 2.84. The Bertz CT molecular complexity index is 1300. The highest BCUT2D eigenvalue weighted by molar-refractivity contribution is 7.98. The first-order valence-electron chi connectivity index (χ1n) is 8.87. The first kappa shape index (κ1) is 19.5. The molecular formula is C20H15N5O4S. The SMILES string of the molecule is C=CCn1c(SCc2nc(-c3ccc([N+](=O)[O-])cc3)no2)nc2ccccc2c1=O. The molecule has 0 saturated carbocycles. The van der Waals surface area contributed by atoms with Gasteiger partial charge in [-0.1, -0.05) is 35.1 Å². The summed E-state index contributed by atoms with van der Waals surface area (Å²) < 4.78 is 6.83. The molecule has 0 radical (unpaired) electrons. The van der Waals surface area contributed by atoms with Crippen molar-refractivity contribution in [3.05, 3.63) is 87.5 Å². The van der Waals surface area contributed by atoms with Gasteiger partial charge in [0.2, 0.25) is 11.7 Å². The van der Waals surface area contributed by atoms with Crippen LogP contribution in [0.15, 0.2) is 75.7 Å². The molecule has 4 aromatic rings. The quantitative estimate of drug-likeness (QED) is 0.145. The summed E-state index contributed by atoms with van der Waals surface area (Å²) in [5, 5.41) is 15.8. The molecule has 30 heavy (non-hydrogen) atoms. The Morgan fingerprint density at radius 1 is 1.17 bits per heavy atom. The van der Waals surface area contributed by atoms with Crippen molar-refractivity contribution in [3.63, 3.8) is 0 Å². The van der Waals surface area contributed by atoms with Gasteiger partial charge in [0.1, 0.15) is 0 Å². The first-order valence-corrected chi connectivity index (χ1v) is 9.86. The molecule has 0 spiro atoms. The van der Waals surface area contributed by atoms with Crippen LogP contribution in [-0.2, 0) is 12.3 Å². The van der Waals surface area contributed by atoms with Crippen LogP contribution in [0.5, 0.6) is 0 Å². The summed E-state index contributed by atoms with van der Waals surface area (Å²) in [6.07, 6.45) is 1.64. The number of rotatable bonds is 7. The Hall–Kier alpha value is -3.79. The summed E-state index contributed by atoms with van der Waals surface area (Å²) in [5.74, 6) is 0.985. The summed E-state index contributed by atoms with van der Waals surface area (Å²) in [6.45, 7) is 4.04. The maximum atomic E-state index is 12.8. The van der Waals surface area contributed by atoms with Crippen LogP contribution in [0.4, 0.5) is 5.69 Å². The number of para-hydroxylation sites is 1. The molecule has 0 fully saturated rings. The van der Waals surface area contributed by atoms with Crippen LogP contribution in [0.2, 0.25) is 0 Å². The van der Waals surface area contributed by atoms with Crippen molar-refractivity contribution < 1.29 is 9.45 Å². The van der Waals surface area contributed by atoms with E-state index in [1.54, 1.807) is 41.0 Å². The van der Waals surface area contributed by atoms with Crippen LogP contribution in [0.3, 0.4) is 0 Å². The van der Waals surface area contributed by atoms with Gasteiger partial charge in [0, 0.05) is 24.2 Å². The summed E-state index contributed by atoms with van der Waals surface area (Å²) in [7, 11) is 0. The molecule has 2 aromatic heterocycles. The second-order valence-corrected chi connectivity index (χ2v) is 7.16. The van der Waals surface area contributed by atoms with Crippen molar-refractivity contribution >= 4 is 28.4 Å². The van der Waals surface area contributed by atoms with E-state index in [-0.39, 0.29) is 11.2 Å². The fraction of sp³-hybridized carbons (Fsp3) is 0.100. The van der Waals surface area contributed by atoms with E-state index in [9.17, 15) is 14.9 Å². The molecule has 0 N–H and O–H groups in total. The third-order valence-electron chi connectivity index (χ3n) is 4.27. The molecule has 150 valence electrons. The Morgan fingerprint density at radius 3 is 2.67 bits per heavy atom. The smallest absolute Gasteiger partial charge is 0.269 e. The van der Waals surface area contributed by atoms with Crippen molar-refractivity contribution in [1.29, 1.82) is 0 Å². The Labute approximate surface area is 174 Å². The largest absolute Gasteiger partial charge is 0.338 e. The van der Waals surface area contributed by atoms with E-state index in [2.05, 4.69) is 21.7 Å². The van der Waals surface area contributed by atoms with Crippen molar-refractivity contribution in [2.45, 2.75) is 17.5 Å². The van der Waals surface area contributed by atoms with Gasteiger partial charge >= 0.3 is 0 Å². The average Bonchev–Trinajstić information content (AvgIpc) is 3.24. The molecule has 10 heteroatoms. The minimum Gasteiger partial charge on any atom is -0.338 e. The minimum absolute atomic E-state index is 0.0133. The zero-order chi connectivity index (χ0) is 21.1. The fourth-order valence-corrected chi connectivity index (χ4v) is 3.68. The highest BCUT2D eigenvalue weighted by Crippen LogP contribution is 2.24. The molecule has 2 aromatic carbocycles. The van der Waals surface area contributed by atoms with Gasteiger partial charge in [-0.2, -0.15) is 4.98 Å². The maximum absolute atomic E-state index is 12.8. The lowest BCUT2D eigenvalue weighted by atomic mass is 10.2. The van der Waals surface area contributed by atoms with Gasteiger partial charge in [0.05, 0.1) is 21.6 Å². The Kier molecular flexibility index (Phi) is 5.40. The molecule has 0 atom stereocenters. The number of hydrogen-bond acceptors (Lipinski definition) is 8. The van der Waals surface area contributed by atoms with Crippen LogP contribution in [0.25, 0.3) is 22.3 Å². The van der Waals surface area contributed by atoms with E-state index in [1.807, 2.05) is 6.07 Å². The van der Waals surface area contributed by atoms with E-state index < -0.39 is 4.92 Å². The summed E-state index contributed by atoms with van der Waals surface area (Å²) in [6, 6.07) is 13.1. The molecule has 4 rings (SSSR count). The number of nitro groups is 1. The van der Waals surface area contributed by atoms with Gasteiger partial charge in [-0.25, -0.2) is 4.98 Å². The molecule has 0 aliphatic rings. The number of aromatic nitrogens is 4. The number of hydrogen-bond donors (Lipinski definition) is 0. The number of allylic oxidation sites excluding steroid dienone is 1. The minimum atomic E-state index is -0.471. The summed E-state index contributed by atoms with van der Waals surface area (Å²) >= 11 is 1.30. The maximum Gasteiger partial charge on any atom is 0.269 e. The number of fused-ring (bicyclic) bond motifs is 1. The standard InChI is InChI=1S/C20H15N5O4S/c1-2-11-24-19(26)15-5-3-4-6-16(15)21-20(24)30-12-17-22-18(23-29-17)13-7-9-14(10-8-13)25(27)28/h2-10H,1,11-12H2. The Morgan fingerprint density at radius 2 is 1.93 bits per heavy atom. The summed E-state index contributed by atoms with van der Waals surface area (Å²) in [5.41, 5.74) is 1.07. The zero-order valence-electron chi connectivity index (χ0n) is 15.6. The predicted molar refractivity (Wildman–Crippen MR) is 112 cm³/mol. The van der Waals surface area contributed by atoms with Crippen LogP contribution in [-0.4, -0.2) is 24.6 Å². The van der Waals surface area contributed by atoms with Crippen LogP contribution in [0.1, 0.15) is 5.89 Å². The third kappa shape index (κ3) is 3.85. The van der Waals surface area contributed by atoms with Crippen molar-refractivity contribution in [3.8, 4) is 11.4 Å². The van der Waals surface area contributed by atoms with Gasteiger partial charge < -0.3 is 4.52 Å². The molecule has 0 aliphatic heterocycles. The second kappa shape index (κ2) is 8.29. The number of benzene rings is 2. The lowest BCUT2D eigenvalue weighted by Gasteiger charge is -2.10. The van der Waals surface area contributed by atoms with Gasteiger partial charge in [-0.3, -0.25) is 19.5 Å². The molecule has 0 saturated heterocycles. The molecular weight excluding hydrogens is 406 g/mol. The molecule has 0 aliphatic carbocycles. The first-order chi connectivity index (χ1) is 14.6. The van der Waals surface area contributed by atoms with E-state index >= 15 is 0 Å². The third-order valence-corrected chi connectivity index (χ3v) is 5.23. The number of non-ortho nitro benzene ring substituents is 1. The summed E-state index contributed by atoms with van der Waals surface area (Å²) in [4.78, 5) is 32.0. The van der Waals surface area contributed by atoms with E-state index in [1.165, 1.54) is 23.9 Å². The predicted octanol–water partition coefficient (Wildman–Crippen LogP) is 3.83. The molecule has 0 bridgehead atoms. The number of nitrogens with zero attached hydrogens (tertiary/aromatic N) is 5. The highest BCUT2D eigenvalue weighted by atomic mass is 32.2. The molecule has 0 amide bonds. The van der Waals surface area contributed by atoms with Crippen molar-refractivity contribution in [1.82, 2.24) is 19.7 Å².